The van der Waals surface area contributed by atoms with Crippen LogP contribution in [-0.4, -0.2) is 23.2 Å². The summed E-state index contributed by atoms with van der Waals surface area (Å²) in [5, 5.41) is 3.33. The van der Waals surface area contributed by atoms with Crippen LogP contribution in [0.1, 0.15) is 25.2 Å². The van der Waals surface area contributed by atoms with Gasteiger partial charge in [-0.3, -0.25) is 0 Å². The van der Waals surface area contributed by atoms with E-state index in [9.17, 15) is 0 Å². The summed E-state index contributed by atoms with van der Waals surface area (Å²) < 4.78 is 11.1. The van der Waals surface area contributed by atoms with Crippen molar-refractivity contribution in [1.29, 1.82) is 0 Å². The minimum atomic E-state index is 0.131. The van der Waals surface area contributed by atoms with Crippen molar-refractivity contribution in [1.82, 2.24) is 15.3 Å². The second-order valence-corrected chi connectivity index (χ2v) is 4.79. The Morgan fingerprint density at radius 1 is 1.25 bits per heavy atom. The van der Waals surface area contributed by atoms with E-state index in [1.807, 2.05) is 38.2 Å². The first-order valence-electron chi connectivity index (χ1n) is 6.71. The predicted molar refractivity (Wildman–Crippen MR) is 77.9 cm³/mol. The first kappa shape index (κ1) is 14.4. The van der Waals surface area contributed by atoms with E-state index < -0.39 is 0 Å². The van der Waals surface area contributed by atoms with E-state index in [0.29, 0.717) is 6.54 Å². The minimum absolute atomic E-state index is 0.131. The molecule has 0 amide bonds. The first-order chi connectivity index (χ1) is 9.69. The SMILES string of the molecule is COc1cc(CNCc2ncc[nH]2)ccc1OC(C)C. The van der Waals surface area contributed by atoms with Crippen molar-refractivity contribution in [3.8, 4) is 11.5 Å². The smallest absolute Gasteiger partial charge is 0.161 e. The maximum atomic E-state index is 5.69. The quantitative estimate of drug-likeness (QED) is 0.815. The van der Waals surface area contributed by atoms with Gasteiger partial charge in [0, 0.05) is 18.9 Å². The molecule has 0 aliphatic rings. The summed E-state index contributed by atoms with van der Waals surface area (Å²) in [5.74, 6) is 2.46. The Labute approximate surface area is 119 Å². The second kappa shape index (κ2) is 6.96. The Morgan fingerprint density at radius 2 is 2.10 bits per heavy atom. The van der Waals surface area contributed by atoms with Crippen molar-refractivity contribution in [2.24, 2.45) is 0 Å². The lowest BCUT2D eigenvalue weighted by Crippen LogP contribution is -2.14. The normalized spacial score (nSPS) is 10.8. The number of H-pyrrole nitrogens is 1. The Morgan fingerprint density at radius 3 is 2.75 bits per heavy atom. The average Bonchev–Trinajstić information content (AvgIpc) is 2.93. The van der Waals surface area contributed by atoms with Gasteiger partial charge < -0.3 is 19.8 Å². The molecule has 5 heteroatoms. The van der Waals surface area contributed by atoms with Crippen molar-refractivity contribution in [3.05, 3.63) is 42.0 Å². The molecule has 2 N–H and O–H groups in total. The third-order valence-corrected chi connectivity index (χ3v) is 2.77. The number of hydrogen-bond donors (Lipinski definition) is 2. The van der Waals surface area contributed by atoms with Gasteiger partial charge in [-0.2, -0.15) is 0 Å². The molecule has 2 rings (SSSR count). The Bertz CT molecular complexity index is 524. The number of rotatable bonds is 7. The molecule has 0 spiro atoms. The van der Waals surface area contributed by atoms with Crippen LogP contribution in [0.3, 0.4) is 0 Å². The van der Waals surface area contributed by atoms with E-state index in [2.05, 4.69) is 15.3 Å². The molecule has 0 unspecified atom stereocenters. The summed E-state index contributed by atoms with van der Waals surface area (Å²) in [5.41, 5.74) is 1.14. The summed E-state index contributed by atoms with van der Waals surface area (Å²) >= 11 is 0. The Balaban J connectivity index is 1.94. The topological polar surface area (TPSA) is 59.2 Å². The Kier molecular flexibility index (Phi) is 5.01. The van der Waals surface area contributed by atoms with Crippen LogP contribution in [0.4, 0.5) is 0 Å². The van der Waals surface area contributed by atoms with Gasteiger partial charge in [-0.1, -0.05) is 6.07 Å². The molecule has 20 heavy (non-hydrogen) atoms. The van der Waals surface area contributed by atoms with Gasteiger partial charge in [-0.05, 0) is 31.5 Å². The molecule has 2 aromatic rings. The van der Waals surface area contributed by atoms with Gasteiger partial charge in [0.1, 0.15) is 5.82 Å². The molecule has 0 saturated heterocycles. The van der Waals surface area contributed by atoms with Gasteiger partial charge >= 0.3 is 0 Å². The maximum Gasteiger partial charge on any atom is 0.161 e. The third kappa shape index (κ3) is 3.99. The van der Waals surface area contributed by atoms with Crippen molar-refractivity contribution in [2.45, 2.75) is 33.0 Å². The van der Waals surface area contributed by atoms with Gasteiger partial charge in [0.15, 0.2) is 11.5 Å². The summed E-state index contributed by atoms with van der Waals surface area (Å²) in [6, 6.07) is 5.98. The summed E-state index contributed by atoms with van der Waals surface area (Å²) in [7, 11) is 1.66. The van der Waals surface area contributed by atoms with Crippen LogP contribution >= 0.6 is 0 Å². The predicted octanol–water partition coefficient (Wildman–Crippen LogP) is 2.50. The molecule has 0 aliphatic heterocycles. The van der Waals surface area contributed by atoms with E-state index in [1.54, 1.807) is 13.3 Å². The fraction of sp³-hybridized carbons (Fsp3) is 0.400. The molecular weight excluding hydrogens is 254 g/mol. The van der Waals surface area contributed by atoms with Crippen LogP contribution in [0.15, 0.2) is 30.6 Å². The first-order valence-corrected chi connectivity index (χ1v) is 6.71. The lowest BCUT2D eigenvalue weighted by molar-refractivity contribution is 0.230. The number of nitrogens with zero attached hydrogens (tertiary/aromatic N) is 1. The number of aromatic amines is 1. The lowest BCUT2D eigenvalue weighted by Gasteiger charge is -2.14. The third-order valence-electron chi connectivity index (χ3n) is 2.77. The van der Waals surface area contributed by atoms with Gasteiger partial charge in [0.05, 0.1) is 19.8 Å². The highest BCUT2D eigenvalue weighted by molar-refractivity contribution is 5.43. The zero-order valence-corrected chi connectivity index (χ0v) is 12.1. The maximum absolute atomic E-state index is 5.69. The highest BCUT2D eigenvalue weighted by atomic mass is 16.5. The molecular formula is C15H21N3O2. The van der Waals surface area contributed by atoms with Crippen molar-refractivity contribution in [2.75, 3.05) is 7.11 Å². The zero-order chi connectivity index (χ0) is 14.4. The van der Waals surface area contributed by atoms with Crippen LogP contribution in [0, 0.1) is 0 Å². The average molecular weight is 275 g/mol. The van der Waals surface area contributed by atoms with Crippen LogP contribution < -0.4 is 14.8 Å². The molecule has 0 bridgehead atoms. The van der Waals surface area contributed by atoms with E-state index in [4.69, 9.17) is 9.47 Å². The lowest BCUT2D eigenvalue weighted by atomic mass is 10.2. The highest BCUT2D eigenvalue weighted by Gasteiger charge is 2.07. The molecule has 5 nitrogen and oxygen atoms in total. The van der Waals surface area contributed by atoms with Gasteiger partial charge in [-0.25, -0.2) is 4.98 Å². The van der Waals surface area contributed by atoms with Crippen LogP contribution in [0.25, 0.3) is 0 Å². The van der Waals surface area contributed by atoms with Crippen molar-refractivity contribution >= 4 is 0 Å². The fourth-order valence-corrected chi connectivity index (χ4v) is 1.89. The van der Waals surface area contributed by atoms with Crippen molar-refractivity contribution in [3.63, 3.8) is 0 Å². The number of imidazole rings is 1. The minimum Gasteiger partial charge on any atom is -0.493 e. The molecule has 0 fully saturated rings. The number of nitrogens with one attached hydrogen (secondary N) is 2. The molecule has 108 valence electrons. The number of methoxy groups -OCH3 is 1. The van der Waals surface area contributed by atoms with Gasteiger partial charge in [0.25, 0.3) is 0 Å². The van der Waals surface area contributed by atoms with Crippen LogP contribution in [0.2, 0.25) is 0 Å². The van der Waals surface area contributed by atoms with Gasteiger partial charge in [-0.15, -0.1) is 0 Å². The molecule has 1 aromatic heterocycles. The largest absolute Gasteiger partial charge is 0.493 e. The number of benzene rings is 1. The molecule has 1 aromatic carbocycles. The van der Waals surface area contributed by atoms with E-state index in [0.717, 1.165) is 29.4 Å². The molecule has 0 aliphatic carbocycles. The molecule has 1 heterocycles. The fourth-order valence-electron chi connectivity index (χ4n) is 1.89. The standard InChI is InChI=1S/C15H21N3O2/c1-11(2)20-13-5-4-12(8-14(13)19-3)9-16-10-15-17-6-7-18-15/h4-8,11,16H,9-10H2,1-3H3,(H,17,18). The van der Waals surface area contributed by atoms with E-state index in [1.165, 1.54) is 0 Å². The molecule has 0 saturated carbocycles. The summed E-state index contributed by atoms with van der Waals surface area (Å²) in [6.07, 6.45) is 3.70. The second-order valence-electron chi connectivity index (χ2n) is 4.79. The summed E-state index contributed by atoms with van der Waals surface area (Å²) in [6.45, 7) is 5.45. The monoisotopic (exact) mass is 275 g/mol. The highest BCUT2D eigenvalue weighted by Crippen LogP contribution is 2.28. The number of hydrogen-bond acceptors (Lipinski definition) is 4. The molecule has 0 atom stereocenters. The van der Waals surface area contributed by atoms with Crippen LogP contribution in [0.5, 0.6) is 11.5 Å². The van der Waals surface area contributed by atoms with E-state index >= 15 is 0 Å². The van der Waals surface area contributed by atoms with Crippen molar-refractivity contribution < 1.29 is 9.47 Å². The molecule has 0 radical (unpaired) electrons. The Hall–Kier alpha value is -2.01. The number of ether oxygens (including phenoxy) is 2. The van der Waals surface area contributed by atoms with E-state index in [-0.39, 0.29) is 6.10 Å². The zero-order valence-electron chi connectivity index (χ0n) is 12.1. The number of aromatic nitrogens is 2. The van der Waals surface area contributed by atoms with Crippen LogP contribution in [-0.2, 0) is 13.1 Å². The van der Waals surface area contributed by atoms with Gasteiger partial charge in [0.2, 0.25) is 0 Å². The summed E-state index contributed by atoms with van der Waals surface area (Å²) in [4.78, 5) is 7.22.